The molecule has 0 unspecified atom stereocenters. The highest BCUT2D eigenvalue weighted by atomic mass is 16.7. The van der Waals surface area contributed by atoms with Gasteiger partial charge in [0.25, 0.3) is 5.91 Å². The summed E-state index contributed by atoms with van der Waals surface area (Å²) in [5.41, 5.74) is -2.41. The molecule has 4 heterocycles. The van der Waals surface area contributed by atoms with E-state index < -0.39 is 46.9 Å². The molecule has 1 aromatic rings. The van der Waals surface area contributed by atoms with E-state index in [2.05, 4.69) is 16.8 Å². The Morgan fingerprint density at radius 2 is 1.71 bits per heavy atom. The van der Waals surface area contributed by atoms with Gasteiger partial charge < -0.3 is 33.9 Å². The summed E-state index contributed by atoms with van der Waals surface area (Å²) in [6.07, 6.45) is 2.60. The Hall–Kier alpha value is -2.48. The minimum atomic E-state index is -1.49. The number of esters is 1. The Kier molecular flexibility index (Phi) is 12.1. The molecule has 48 heavy (non-hydrogen) atoms. The molecule has 4 rings (SSSR count). The molecular weight excluding hydrogens is 616 g/mol. The number of amides is 1. The van der Waals surface area contributed by atoms with Crippen LogP contribution in [0.3, 0.4) is 0 Å². The molecule has 270 valence electrons. The molecular formula is C36H58N4O8. The van der Waals surface area contributed by atoms with Gasteiger partial charge >= 0.3 is 5.97 Å². The van der Waals surface area contributed by atoms with Crippen molar-refractivity contribution in [3.63, 3.8) is 0 Å². The molecule has 0 aromatic carbocycles. The van der Waals surface area contributed by atoms with Crippen LogP contribution in [0.2, 0.25) is 0 Å². The molecule has 12 heteroatoms. The van der Waals surface area contributed by atoms with Crippen LogP contribution in [0, 0.1) is 17.3 Å². The first-order valence-electron chi connectivity index (χ1n) is 17.3. The quantitative estimate of drug-likeness (QED) is 0.365. The molecule has 0 bridgehead atoms. The molecule has 1 aromatic heterocycles. The molecule has 0 radical (unpaired) electrons. The van der Waals surface area contributed by atoms with Gasteiger partial charge in [0.2, 0.25) is 0 Å². The second kappa shape index (κ2) is 15.2. The number of piperidine rings is 1. The zero-order valence-corrected chi connectivity index (χ0v) is 30.6. The summed E-state index contributed by atoms with van der Waals surface area (Å²) in [5.74, 6) is -1.73. The van der Waals surface area contributed by atoms with E-state index in [0.717, 1.165) is 0 Å². The number of methoxy groups -OCH3 is 1. The van der Waals surface area contributed by atoms with Gasteiger partial charge in [-0.1, -0.05) is 13.8 Å². The van der Waals surface area contributed by atoms with Gasteiger partial charge in [0.1, 0.15) is 18.1 Å². The van der Waals surface area contributed by atoms with E-state index in [9.17, 15) is 19.5 Å². The molecule has 3 aliphatic rings. The SMILES string of the molecule is CO[C@]1(C)C[C@@H](C)CN(C)C2(CCN(C(=O)c3ccncc3)CC2)COC(=O)C(C)(C)C(=O)[C@H](C)[C@H]1O[C@@H]1O[C@H](C)C[C@H](N(C)C)[C@H]1O. The summed E-state index contributed by atoms with van der Waals surface area (Å²) < 4.78 is 25.1. The summed E-state index contributed by atoms with van der Waals surface area (Å²) in [5, 5.41) is 11.4. The predicted molar refractivity (Wildman–Crippen MR) is 180 cm³/mol. The zero-order valence-electron chi connectivity index (χ0n) is 30.6. The van der Waals surface area contributed by atoms with E-state index in [1.165, 1.54) is 0 Å². The van der Waals surface area contributed by atoms with E-state index in [0.29, 0.717) is 50.9 Å². The monoisotopic (exact) mass is 674 g/mol. The lowest BCUT2D eigenvalue weighted by Gasteiger charge is -2.48. The minimum absolute atomic E-state index is 0.0501. The van der Waals surface area contributed by atoms with E-state index in [1.54, 1.807) is 52.4 Å². The standard InChI is InChI=1S/C36H58N4O8/c1-23-20-35(6,45-10)30(48-32-28(41)27(38(7)8)19-24(2)47-32)25(3)29(42)34(4,5)33(44)46-22-36(39(9)21-23)13-17-40(18-14-36)31(43)26-11-15-37-16-12-26/h11-12,15-16,23-25,27-28,30,32,41H,13-14,17-22H2,1-10H3/t23-,24-,25+,27+,28-,30-,32+,35-/m1/s1. The van der Waals surface area contributed by atoms with Gasteiger partial charge in [-0.15, -0.1) is 0 Å². The van der Waals surface area contributed by atoms with Crippen LogP contribution in [0.25, 0.3) is 0 Å². The number of aliphatic hydroxyl groups excluding tert-OH is 1. The molecule has 0 saturated carbocycles. The number of ether oxygens (including phenoxy) is 4. The van der Waals surface area contributed by atoms with Crippen LogP contribution in [0.1, 0.15) is 77.6 Å². The van der Waals surface area contributed by atoms with Crippen LogP contribution in [0.4, 0.5) is 0 Å². The van der Waals surface area contributed by atoms with Gasteiger partial charge in [0.15, 0.2) is 12.1 Å². The number of hydrogen-bond acceptors (Lipinski definition) is 11. The van der Waals surface area contributed by atoms with Crippen LogP contribution < -0.4 is 0 Å². The normalized spacial score (nSPS) is 35.4. The van der Waals surface area contributed by atoms with Crippen LogP contribution in [0.5, 0.6) is 0 Å². The van der Waals surface area contributed by atoms with Crippen LogP contribution in [-0.2, 0) is 28.5 Å². The van der Waals surface area contributed by atoms with Crippen molar-refractivity contribution in [1.29, 1.82) is 0 Å². The number of aromatic nitrogens is 1. The number of nitrogens with zero attached hydrogens (tertiary/aromatic N) is 4. The smallest absolute Gasteiger partial charge is 0.319 e. The highest BCUT2D eigenvalue weighted by Gasteiger charge is 2.52. The summed E-state index contributed by atoms with van der Waals surface area (Å²) in [6.45, 7) is 12.7. The summed E-state index contributed by atoms with van der Waals surface area (Å²) in [7, 11) is 7.47. The van der Waals surface area contributed by atoms with Crippen molar-refractivity contribution in [3.05, 3.63) is 30.1 Å². The van der Waals surface area contributed by atoms with Gasteiger partial charge in [-0.05, 0) is 92.6 Å². The van der Waals surface area contributed by atoms with Crippen molar-refractivity contribution in [2.24, 2.45) is 17.3 Å². The van der Waals surface area contributed by atoms with Crippen molar-refractivity contribution < 1.29 is 38.4 Å². The average Bonchev–Trinajstić information content (AvgIpc) is 3.06. The van der Waals surface area contributed by atoms with Gasteiger partial charge in [-0.25, -0.2) is 0 Å². The Balaban J connectivity index is 1.64. The first-order chi connectivity index (χ1) is 22.5. The highest BCUT2D eigenvalue weighted by Crippen LogP contribution is 2.40. The van der Waals surface area contributed by atoms with E-state index in [1.807, 2.05) is 44.8 Å². The maximum absolute atomic E-state index is 14.3. The number of carbonyl (C=O) groups is 3. The lowest BCUT2D eigenvalue weighted by Crippen LogP contribution is -2.59. The number of carbonyl (C=O) groups excluding carboxylic acids is 3. The Morgan fingerprint density at radius 3 is 2.29 bits per heavy atom. The fraction of sp³-hybridized carbons (Fsp3) is 0.778. The molecule has 3 aliphatic heterocycles. The van der Waals surface area contributed by atoms with Gasteiger partial charge in [-0.2, -0.15) is 0 Å². The molecule has 1 spiro atoms. The average molecular weight is 675 g/mol. The zero-order chi connectivity index (χ0) is 35.6. The van der Waals surface area contributed by atoms with Crippen molar-refractivity contribution in [3.8, 4) is 0 Å². The number of Topliss-reactive ketones (excluding diaryl/α,β-unsaturated/α-hetero) is 1. The summed E-state index contributed by atoms with van der Waals surface area (Å²) in [6, 6.07) is 3.23. The predicted octanol–water partition coefficient (Wildman–Crippen LogP) is 3.02. The van der Waals surface area contributed by atoms with Crippen LogP contribution >= 0.6 is 0 Å². The first kappa shape index (κ1) is 38.3. The molecule has 1 N–H and O–H groups in total. The number of rotatable bonds is 5. The Bertz CT molecular complexity index is 1270. The Labute approximate surface area is 286 Å². The second-order valence-electron chi connectivity index (χ2n) is 15.4. The maximum Gasteiger partial charge on any atom is 0.319 e. The fourth-order valence-corrected chi connectivity index (χ4v) is 7.95. The number of cyclic esters (lactones) is 1. The number of hydrogen-bond donors (Lipinski definition) is 1. The fourth-order valence-electron chi connectivity index (χ4n) is 7.95. The lowest BCUT2D eigenvalue weighted by molar-refractivity contribution is -0.295. The molecule has 0 aliphatic carbocycles. The number of likely N-dealkylation sites (N-methyl/N-ethyl adjacent to an activating group) is 2. The third kappa shape index (κ3) is 7.94. The maximum atomic E-state index is 14.3. The van der Waals surface area contributed by atoms with Gasteiger partial charge in [0.05, 0.1) is 23.3 Å². The molecule has 12 nitrogen and oxygen atoms in total. The van der Waals surface area contributed by atoms with Crippen molar-refractivity contribution in [2.75, 3.05) is 54.5 Å². The number of ketones is 1. The lowest BCUT2D eigenvalue weighted by atomic mass is 9.74. The highest BCUT2D eigenvalue weighted by molar-refractivity contribution is 6.04. The van der Waals surface area contributed by atoms with Gasteiger partial charge in [-0.3, -0.25) is 24.3 Å². The van der Waals surface area contributed by atoms with Crippen molar-refractivity contribution >= 4 is 17.7 Å². The minimum Gasteiger partial charge on any atom is -0.463 e. The molecule has 3 saturated heterocycles. The molecule has 8 atom stereocenters. The number of aliphatic hydroxyl groups is 1. The molecule has 3 fully saturated rings. The van der Waals surface area contributed by atoms with Crippen molar-refractivity contribution in [2.45, 2.75) is 109 Å². The largest absolute Gasteiger partial charge is 0.463 e. The van der Waals surface area contributed by atoms with Crippen LogP contribution in [-0.4, -0.2) is 139 Å². The number of likely N-dealkylation sites (tertiary alicyclic amines) is 1. The third-order valence-corrected chi connectivity index (χ3v) is 11.1. The molecule has 1 amide bonds. The summed E-state index contributed by atoms with van der Waals surface area (Å²) in [4.78, 5) is 51.4. The van der Waals surface area contributed by atoms with E-state index in [-0.39, 0.29) is 36.4 Å². The van der Waals surface area contributed by atoms with E-state index in [4.69, 9.17) is 18.9 Å². The Morgan fingerprint density at radius 1 is 1.08 bits per heavy atom. The van der Waals surface area contributed by atoms with Crippen molar-refractivity contribution in [1.82, 2.24) is 19.7 Å². The second-order valence-corrected chi connectivity index (χ2v) is 15.4. The number of pyridine rings is 1. The third-order valence-electron chi connectivity index (χ3n) is 11.1. The van der Waals surface area contributed by atoms with E-state index >= 15 is 0 Å². The first-order valence-corrected chi connectivity index (χ1v) is 17.3. The van der Waals surface area contributed by atoms with Crippen LogP contribution in [0.15, 0.2) is 24.5 Å². The van der Waals surface area contributed by atoms with Gasteiger partial charge in [0, 0.05) is 56.7 Å². The topological polar surface area (TPSA) is 131 Å². The summed E-state index contributed by atoms with van der Waals surface area (Å²) >= 11 is 0.